The molecule has 1 aromatic heterocycles. The molecule has 0 bridgehead atoms. The van der Waals surface area contributed by atoms with Crippen molar-refractivity contribution in [3.05, 3.63) is 182 Å². The molecule has 9 aromatic rings. The van der Waals surface area contributed by atoms with E-state index in [0.717, 1.165) is 39.8 Å². The second-order valence-electron chi connectivity index (χ2n) is 12.6. The van der Waals surface area contributed by atoms with Crippen molar-refractivity contribution in [3.63, 3.8) is 0 Å². The van der Waals surface area contributed by atoms with E-state index in [2.05, 4.69) is 191 Å². The molecule has 0 atom stereocenters. The lowest BCUT2D eigenvalue weighted by Crippen LogP contribution is -2.10. The SMILES string of the molecule is c1ccc(-c2ccc(N(c3ccc4c(c3)Oc3cccc5cccc-4c35)c3ccc4c(c3)c3ccccc3n4-c3ccccc3)cc2)cc1. The van der Waals surface area contributed by atoms with Crippen LogP contribution in [0.15, 0.2) is 182 Å². The molecule has 0 aliphatic carbocycles. The third kappa shape index (κ3) is 4.44. The molecular weight excluding hydrogens is 597 g/mol. The quantitative estimate of drug-likeness (QED) is 0.189. The number of para-hydroxylation sites is 2. The van der Waals surface area contributed by atoms with Gasteiger partial charge in [-0.25, -0.2) is 0 Å². The first-order valence-corrected chi connectivity index (χ1v) is 16.7. The summed E-state index contributed by atoms with van der Waals surface area (Å²) in [6.45, 7) is 0. The van der Waals surface area contributed by atoms with Gasteiger partial charge >= 0.3 is 0 Å². The van der Waals surface area contributed by atoms with Crippen LogP contribution in [-0.4, -0.2) is 4.57 Å². The predicted molar refractivity (Wildman–Crippen MR) is 204 cm³/mol. The van der Waals surface area contributed by atoms with Gasteiger partial charge in [0.25, 0.3) is 0 Å². The first-order valence-electron chi connectivity index (χ1n) is 16.7. The van der Waals surface area contributed by atoms with Crippen molar-refractivity contribution < 1.29 is 4.74 Å². The van der Waals surface area contributed by atoms with Crippen molar-refractivity contribution in [1.82, 2.24) is 4.57 Å². The summed E-state index contributed by atoms with van der Waals surface area (Å²) in [7, 11) is 0. The van der Waals surface area contributed by atoms with E-state index in [1.54, 1.807) is 0 Å². The molecule has 49 heavy (non-hydrogen) atoms. The number of ether oxygens (including phenoxy) is 1. The van der Waals surface area contributed by atoms with E-state index in [1.165, 1.54) is 49.3 Å². The number of hydrogen-bond donors (Lipinski definition) is 0. The Balaban J connectivity index is 1.17. The maximum absolute atomic E-state index is 6.64. The molecule has 230 valence electrons. The van der Waals surface area contributed by atoms with Crippen molar-refractivity contribution >= 4 is 49.6 Å². The molecule has 3 heteroatoms. The molecule has 0 fully saturated rings. The van der Waals surface area contributed by atoms with Crippen molar-refractivity contribution in [1.29, 1.82) is 0 Å². The van der Waals surface area contributed by atoms with Gasteiger partial charge in [0.15, 0.2) is 0 Å². The van der Waals surface area contributed by atoms with Gasteiger partial charge in [0.05, 0.1) is 11.0 Å². The molecule has 0 saturated carbocycles. The summed E-state index contributed by atoms with van der Waals surface area (Å²) in [4.78, 5) is 2.34. The Bertz CT molecular complexity index is 2670. The van der Waals surface area contributed by atoms with Crippen LogP contribution < -0.4 is 9.64 Å². The lowest BCUT2D eigenvalue weighted by Gasteiger charge is -2.28. The zero-order valence-electron chi connectivity index (χ0n) is 26.6. The Kier molecular flexibility index (Phi) is 6.18. The van der Waals surface area contributed by atoms with E-state index >= 15 is 0 Å². The molecule has 0 unspecified atom stereocenters. The third-order valence-corrected chi connectivity index (χ3v) is 9.76. The second kappa shape index (κ2) is 11.0. The Morgan fingerprint density at radius 1 is 0.408 bits per heavy atom. The smallest absolute Gasteiger partial charge is 0.137 e. The summed E-state index contributed by atoms with van der Waals surface area (Å²) in [6, 6.07) is 64.9. The minimum atomic E-state index is 0.858. The van der Waals surface area contributed by atoms with Crippen LogP contribution in [0.25, 0.3) is 60.5 Å². The zero-order valence-corrected chi connectivity index (χ0v) is 26.6. The highest BCUT2D eigenvalue weighted by atomic mass is 16.5. The minimum absolute atomic E-state index is 0.858. The van der Waals surface area contributed by atoms with Gasteiger partial charge in [-0.2, -0.15) is 0 Å². The first kappa shape index (κ1) is 27.5. The highest BCUT2D eigenvalue weighted by Crippen LogP contribution is 2.49. The Morgan fingerprint density at radius 2 is 1.06 bits per heavy atom. The van der Waals surface area contributed by atoms with Crippen LogP contribution in [0.4, 0.5) is 17.1 Å². The molecular formula is C46H30N2O. The number of nitrogens with zero attached hydrogens (tertiary/aromatic N) is 2. The fourth-order valence-corrected chi connectivity index (χ4v) is 7.53. The van der Waals surface area contributed by atoms with E-state index in [9.17, 15) is 0 Å². The van der Waals surface area contributed by atoms with Crippen LogP contribution in [0.3, 0.4) is 0 Å². The van der Waals surface area contributed by atoms with Gasteiger partial charge in [0.1, 0.15) is 11.5 Å². The van der Waals surface area contributed by atoms with Gasteiger partial charge in [-0.15, -0.1) is 0 Å². The molecule has 1 aliphatic heterocycles. The van der Waals surface area contributed by atoms with Crippen molar-refractivity contribution in [2.24, 2.45) is 0 Å². The van der Waals surface area contributed by atoms with Gasteiger partial charge in [0.2, 0.25) is 0 Å². The minimum Gasteiger partial charge on any atom is -0.456 e. The van der Waals surface area contributed by atoms with Crippen molar-refractivity contribution in [2.75, 3.05) is 4.90 Å². The van der Waals surface area contributed by atoms with Gasteiger partial charge in [-0.1, -0.05) is 109 Å². The number of hydrogen-bond acceptors (Lipinski definition) is 2. The number of rotatable bonds is 5. The summed E-state index contributed by atoms with van der Waals surface area (Å²) in [6.07, 6.45) is 0. The van der Waals surface area contributed by atoms with Crippen molar-refractivity contribution in [2.45, 2.75) is 0 Å². The monoisotopic (exact) mass is 626 g/mol. The van der Waals surface area contributed by atoms with E-state index in [1.807, 2.05) is 0 Å². The van der Waals surface area contributed by atoms with Gasteiger partial charge < -0.3 is 14.2 Å². The second-order valence-corrected chi connectivity index (χ2v) is 12.6. The maximum atomic E-state index is 6.64. The van der Waals surface area contributed by atoms with Gasteiger partial charge in [0, 0.05) is 50.5 Å². The lowest BCUT2D eigenvalue weighted by molar-refractivity contribution is 0.487. The lowest BCUT2D eigenvalue weighted by atomic mass is 9.94. The molecule has 0 N–H and O–H groups in total. The topological polar surface area (TPSA) is 17.4 Å². The molecule has 1 aliphatic rings. The number of fused-ring (bicyclic) bond motifs is 5. The first-order chi connectivity index (χ1) is 24.3. The molecule has 0 amide bonds. The molecule has 10 rings (SSSR count). The van der Waals surface area contributed by atoms with Crippen LogP contribution >= 0.6 is 0 Å². The Hall–Kier alpha value is -6.58. The fraction of sp³-hybridized carbons (Fsp3) is 0. The standard InChI is InChI=1S/C46H30N2O/c1-3-11-31(12-4-1)32-21-23-35(24-22-32)47(37-25-27-39-40-18-9-13-33-14-10-20-44(46(33)40)49-45(39)30-37)36-26-28-43-41(29-36)38-17-7-8-19-42(38)48(43)34-15-5-2-6-16-34/h1-30H. The summed E-state index contributed by atoms with van der Waals surface area (Å²) in [5.41, 5.74) is 11.4. The average molecular weight is 627 g/mol. The van der Waals surface area contributed by atoms with Crippen LogP contribution in [0.5, 0.6) is 11.5 Å². The van der Waals surface area contributed by atoms with Crippen LogP contribution in [-0.2, 0) is 0 Å². The number of benzene rings is 8. The van der Waals surface area contributed by atoms with Gasteiger partial charge in [-0.3, -0.25) is 0 Å². The highest BCUT2D eigenvalue weighted by molar-refractivity contribution is 6.11. The summed E-state index contributed by atoms with van der Waals surface area (Å²) in [5, 5.41) is 4.78. The molecule has 0 radical (unpaired) electrons. The fourth-order valence-electron chi connectivity index (χ4n) is 7.53. The average Bonchev–Trinajstić information content (AvgIpc) is 3.50. The number of aromatic nitrogens is 1. The molecule has 0 saturated heterocycles. The predicted octanol–water partition coefficient (Wildman–Crippen LogP) is 12.8. The summed E-state index contributed by atoms with van der Waals surface area (Å²) in [5.74, 6) is 1.75. The van der Waals surface area contributed by atoms with Crippen molar-refractivity contribution in [3.8, 4) is 39.4 Å². The largest absolute Gasteiger partial charge is 0.456 e. The molecule has 2 heterocycles. The Labute approximate surface area is 284 Å². The van der Waals surface area contributed by atoms with Crippen LogP contribution in [0, 0.1) is 0 Å². The molecule has 3 nitrogen and oxygen atoms in total. The maximum Gasteiger partial charge on any atom is 0.137 e. The molecule has 8 aromatic carbocycles. The van der Waals surface area contributed by atoms with E-state index < -0.39 is 0 Å². The summed E-state index contributed by atoms with van der Waals surface area (Å²) < 4.78 is 9.00. The van der Waals surface area contributed by atoms with E-state index in [4.69, 9.17) is 4.74 Å². The zero-order chi connectivity index (χ0) is 32.3. The Morgan fingerprint density at radius 3 is 1.90 bits per heavy atom. The van der Waals surface area contributed by atoms with Crippen LogP contribution in [0.1, 0.15) is 0 Å². The highest BCUT2D eigenvalue weighted by Gasteiger charge is 2.23. The van der Waals surface area contributed by atoms with E-state index in [-0.39, 0.29) is 0 Å². The molecule has 0 spiro atoms. The third-order valence-electron chi connectivity index (χ3n) is 9.76. The number of anilines is 3. The van der Waals surface area contributed by atoms with Crippen LogP contribution in [0.2, 0.25) is 0 Å². The normalized spacial score (nSPS) is 11.8. The summed E-state index contributed by atoms with van der Waals surface area (Å²) >= 11 is 0. The van der Waals surface area contributed by atoms with E-state index in [0.29, 0.717) is 0 Å². The van der Waals surface area contributed by atoms with Gasteiger partial charge in [-0.05, 0) is 88.8 Å².